The Kier molecular flexibility index (Phi) is 9.39. The highest BCUT2D eigenvalue weighted by atomic mass is 16.6. The highest BCUT2D eigenvalue weighted by Crippen LogP contribution is 2.39. The number of rotatable bonds is 12. The highest BCUT2D eigenvalue weighted by molar-refractivity contribution is 6.01. The quantitative estimate of drug-likeness (QED) is 0.351. The maximum Gasteiger partial charge on any atom is 0.324 e. The van der Waals surface area contributed by atoms with Crippen molar-refractivity contribution in [2.45, 2.75) is 26.7 Å². The van der Waals surface area contributed by atoms with Gasteiger partial charge < -0.3 is 28.4 Å². The van der Waals surface area contributed by atoms with Crippen LogP contribution in [0.25, 0.3) is 0 Å². The van der Waals surface area contributed by atoms with Gasteiger partial charge in [0, 0.05) is 12.8 Å². The molecule has 0 unspecified atom stereocenters. The predicted molar refractivity (Wildman–Crippen MR) is 122 cm³/mol. The van der Waals surface area contributed by atoms with Crippen molar-refractivity contribution in [3.8, 4) is 23.0 Å². The Bertz CT molecular complexity index is 876. The number of carbonyl (C=O) groups excluding carboxylic acids is 2. The molecule has 0 saturated carbocycles. The molecular weight excluding hydrogens is 428 g/mol. The first-order valence-corrected chi connectivity index (χ1v) is 10.6. The molecular formula is C25H32O8. The van der Waals surface area contributed by atoms with Crippen LogP contribution < -0.4 is 18.9 Å². The van der Waals surface area contributed by atoms with Crippen LogP contribution in [0.5, 0.6) is 23.0 Å². The van der Waals surface area contributed by atoms with Crippen molar-refractivity contribution in [2.75, 3.05) is 41.7 Å². The van der Waals surface area contributed by atoms with Crippen LogP contribution in [0, 0.1) is 5.41 Å². The summed E-state index contributed by atoms with van der Waals surface area (Å²) in [5.41, 5.74) is -0.509. The summed E-state index contributed by atoms with van der Waals surface area (Å²) in [5.74, 6) is 0.743. The molecule has 0 saturated heterocycles. The molecule has 0 bridgehead atoms. The van der Waals surface area contributed by atoms with Gasteiger partial charge in [0.2, 0.25) is 0 Å². The van der Waals surface area contributed by atoms with Gasteiger partial charge in [-0.1, -0.05) is 0 Å². The minimum Gasteiger partial charge on any atom is -0.497 e. The Hall–Kier alpha value is -3.42. The standard InChI is InChI=1S/C25H32O8/c1-7-32-23(26)25(24(27)33-8-2,15-17-13-19(28-3)9-11-21(17)30-5)16-18-14-20(29-4)10-12-22(18)31-6/h9-14H,7-8,15-16H2,1-6H3. The van der Waals surface area contributed by atoms with Crippen LogP contribution in [-0.4, -0.2) is 53.6 Å². The van der Waals surface area contributed by atoms with Gasteiger partial charge in [-0.25, -0.2) is 0 Å². The van der Waals surface area contributed by atoms with Crippen LogP contribution in [0.1, 0.15) is 25.0 Å². The zero-order valence-corrected chi connectivity index (χ0v) is 20.1. The Labute approximate surface area is 194 Å². The van der Waals surface area contributed by atoms with E-state index in [2.05, 4.69) is 0 Å². The van der Waals surface area contributed by atoms with E-state index in [1.54, 1.807) is 50.2 Å². The van der Waals surface area contributed by atoms with Crippen LogP contribution >= 0.6 is 0 Å². The lowest BCUT2D eigenvalue weighted by Gasteiger charge is -2.30. The maximum absolute atomic E-state index is 13.4. The summed E-state index contributed by atoms with van der Waals surface area (Å²) < 4.78 is 32.5. The predicted octanol–water partition coefficient (Wildman–Crippen LogP) is 3.62. The number of hydrogen-bond donors (Lipinski definition) is 0. The minimum absolute atomic E-state index is 0.0363. The molecule has 2 aromatic rings. The lowest BCUT2D eigenvalue weighted by atomic mass is 9.75. The van der Waals surface area contributed by atoms with E-state index in [-0.39, 0.29) is 26.1 Å². The van der Waals surface area contributed by atoms with Crippen LogP contribution in [0.15, 0.2) is 36.4 Å². The third-order valence-corrected chi connectivity index (χ3v) is 5.29. The Morgan fingerprint density at radius 2 is 1.06 bits per heavy atom. The van der Waals surface area contributed by atoms with Gasteiger partial charge in [0.15, 0.2) is 5.41 Å². The van der Waals surface area contributed by atoms with Crippen molar-refractivity contribution < 1.29 is 38.0 Å². The van der Waals surface area contributed by atoms with E-state index in [4.69, 9.17) is 28.4 Å². The van der Waals surface area contributed by atoms with Gasteiger partial charge in [-0.05, 0) is 61.4 Å². The monoisotopic (exact) mass is 460 g/mol. The normalized spacial score (nSPS) is 10.8. The van der Waals surface area contributed by atoms with Gasteiger partial charge in [0.05, 0.1) is 41.7 Å². The maximum atomic E-state index is 13.4. The van der Waals surface area contributed by atoms with E-state index in [1.807, 2.05) is 0 Å². The van der Waals surface area contributed by atoms with Gasteiger partial charge in [0.25, 0.3) is 0 Å². The van der Waals surface area contributed by atoms with Crippen molar-refractivity contribution in [3.05, 3.63) is 47.5 Å². The van der Waals surface area contributed by atoms with Gasteiger partial charge >= 0.3 is 11.9 Å². The van der Waals surface area contributed by atoms with Crippen molar-refractivity contribution in [2.24, 2.45) is 5.41 Å². The second kappa shape index (κ2) is 12.0. The lowest BCUT2D eigenvalue weighted by molar-refractivity contribution is -0.172. The molecule has 0 aliphatic rings. The Morgan fingerprint density at radius 1 is 0.667 bits per heavy atom. The molecule has 0 aromatic heterocycles. The fourth-order valence-corrected chi connectivity index (χ4v) is 3.66. The first-order valence-electron chi connectivity index (χ1n) is 10.6. The molecule has 0 N–H and O–H groups in total. The fourth-order valence-electron chi connectivity index (χ4n) is 3.66. The number of hydrogen-bond acceptors (Lipinski definition) is 8. The van der Waals surface area contributed by atoms with Gasteiger partial charge in [0.1, 0.15) is 23.0 Å². The van der Waals surface area contributed by atoms with Crippen molar-refractivity contribution in [1.29, 1.82) is 0 Å². The van der Waals surface area contributed by atoms with Gasteiger partial charge in [-0.3, -0.25) is 9.59 Å². The van der Waals surface area contributed by atoms with E-state index in [0.29, 0.717) is 34.1 Å². The molecule has 33 heavy (non-hydrogen) atoms. The number of methoxy groups -OCH3 is 4. The van der Waals surface area contributed by atoms with E-state index >= 15 is 0 Å². The van der Waals surface area contributed by atoms with Crippen molar-refractivity contribution >= 4 is 11.9 Å². The van der Waals surface area contributed by atoms with Crippen LogP contribution in [0.4, 0.5) is 0 Å². The molecule has 0 aliphatic carbocycles. The number of benzene rings is 2. The molecule has 2 rings (SSSR count). The third kappa shape index (κ3) is 5.88. The molecule has 0 amide bonds. The van der Waals surface area contributed by atoms with E-state index in [1.165, 1.54) is 28.4 Å². The summed E-state index contributed by atoms with van der Waals surface area (Å²) in [6.45, 7) is 3.58. The average Bonchev–Trinajstić information content (AvgIpc) is 2.83. The first kappa shape index (κ1) is 25.8. The average molecular weight is 461 g/mol. The smallest absolute Gasteiger partial charge is 0.324 e. The molecule has 0 fully saturated rings. The zero-order chi connectivity index (χ0) is 24.4. The largest absolute Gasteiger partial charge is 0.497 e. The van der Waals surface area contributed by atoms with Gasteiger partial charge in [-0.2, -0.15) is 0 Å². The molecule has 0 atom stereocenters. The fraction of sp³-hybridized carbons (Fsp3) is 0.440. The van der Waals surface area contributed by atoms with E-state index in [9.17, 15) is 9.59 Å². The number of ether oxygens (including phenoxy) is 6. The molecule has 0 heterocycles. The van der Waals surface area contributed by atoms with Gasteiger partial charge in [-0.15, -0.1) is 0 Å². The summed E-state index contributed by atoms with van der Waals surface area (Å²) in [5, 5.41) is 0. The Balaban J connectivity index is 2.72. The van der Waals surface area contributed by atoms with Crippen LogP contribution in [0.2, 0.25) is 0 Å². The second-order valence-corrected chi connectivity index (χ2v) is 7.23. The summed E-state index contributed by atoms with van der Waals surface area (Å²) in [4.78, 5) is 26.9. The highest BCUT2D eigenvalue weighted by Gasteiger charge is 2.50. The zero-order valence-electron chi connectivity index (χ0n) is 20.1. The topological polar surface area (TPSA) is 89.5 Å². The van der Waals surface area contributed by atoms with Crippen molar-refractivity contribution in [3.63, 3.8) is 0 Å². The molecule has 0 spiro atoms. The lowest BCUT2D eigenvalue weighted by Crippen LogP contribution is -2.46. The SMILES string of the molecule is CCOC(=O)C(Cc1cc(OC)ccc1OC)(Cc1cc(OC)ccc1OC)C(=O)OCC. The minimum atomic E-state index is -1.70. The Morgan fingerprint density at radius 3 is 1.36 bits per heavy atom. The second-order valence-electron chi connectivity index (χ2n) is 7.23. The van der Waals surface area contributed by atoms with Crippen LogP contribution in [0.3, 0.4) is 0 Å². The molecule has 180 valence electrons. The third-order valence-electron chi connectivity index (χ3n) is 5.29. The van der Waals surface area contributed by atoms with Crippen molar-refractivity contribution in [1.82, 2.24) is 0 Å². The van der Waals surface area contributed by atoms with Crippen LogP contribution in [-0.2, 0) is 31.9 Å². The number of carbonyl (C=O) groups is 2. The van der Waals surface area contributed by atoms with E-state index < -0.39 is 17.4 Å². The molecule has 2 aromatic carbocycles. The summed E-state index contributed by atoms with van der Waals surface area (Å²) in [7, 11) is 6.12. The molecule has 8 nitrogen and oxygen atoms in total. The molecule has 8 heteroatoms. The number of esters is 2. The van der Waals surface area contributed by atoms with E-state index in [0.717, 1.165) is 0 Å². The first-order chi connectivity index (χ1) is 15.9. The molecule has 0 aliphatic heterocycles. The summed E-state index contributed by atoms with van der Waals surface area (Å²) in [6, 6.07) is 10.4. The summed E-state index contributed by atoms with van der Waals surface area (Å²) in [6.07, 6.45) is -0.0726. The molecule has 0 radical (unpaired) electrons. The summed E-state index contributed by atoms with van der Waals surface area (Å²) >= 11 is 0.